The monoisotopic (exact) mass is 739 g/mol. The molecule has 11 rings (SSSR count). The molecule has 0 radical (unpaired) electrons. The summed E-state index contributed by atoms with van der Waals surface area (Å²) < 4.78 is 6.66. The largest absolute Gasteiger partial charge is 0.455 e. The Morgan fingerprint density at radius 3 is 1.62 bits per heavy atom. The van der Waals surface area contributed by atoms with Crippen LogP contribution in [0.4, 0.5) is 17.1 Å². The molecule has 0 fully saturated rings. The van der Waals surface area contributed by atoms with Crippen molar-refractivity contribution in [3.63, 3.8) is 0 Å². The van der Waals surface area contributed by atoms with Crippen molar-refractivity contribution in [3.8, 4) is 44.5 Å². The van der Waals surface area contributed by atoms with Crippen LogP contribution < -0.4 is 4.90 Å². The Labute approximate surface area is 337 Å². The van der Waals surface area contributed by atoms with Gasteiger partial charge in [-0.1, -0.05) is 176 Å². The predicted octanol–water partition coefficient (Wildman–Crippen LogP) is 16.0. The molecule has 10 aromatic carbocycles. The number of hydrogen-bond donors (Lipinski definition) is 0. The molecule has 0 aliphatic carbocycles. The van der Waals surface area contributed by atoms with Crippen molar-refractivity contribution < 1.29 is 4.42 Å². The zero-order chi connectivity index (χ0) is 38.4. The minimum Gasteiger partial charge on any atom is -0.455 e. The lowest BCUT2D eigenvalue weighted by molar-refractivity contribution is 0.673. The summed E-state index contributed by atoms with van der Waals surface area (Å²) >= 11 is 0. The maximum Gasteiger partial charge on any atom is 0.143 e. The van der Waals surface area contributed by atoms with Crippen LogP contribution in [0.1, 0.15) is 0 Å². The van der Waals surface area contributed by atoms with Crippen molar-refractivity contribution in [2.45, 2.75) is 0 Å². The molecule has 0 bridgehead atoms. The normalized spacial score (nSPS) is 11.4. The van der Waals surface area contributed by atoms with E-state index in [-0.39, 0.29) is 0 Å². The van der Waals surface area contributed by atoms with E-state index in [0.29, 0.717) is 0 Å². The molecule has 0 N–H and O–H groups in total. The molecular formula is C56H37NO. The summed E-state index contributed by atoms with van der Waals surface area (Å²) in [4.78, 5) is 2.39. The Kier molecular flexibility index (Phi) is 8.19. The molecule has 1 heterocycles. The molecule has 58 heavy (non-hydrogen) atoms. The van der Waals surface area contributed by atoms with Gasteiger partial charge in [-0.2, -0.15) is 0 Å². The van der Waals surface area contributed by atoms with Gasteiger partial charge in [-0.05, 0) is 104 Å². The summed E-state index contributed by atoms with van der Waals surface area (Å²) in [6, 6.07) is 80.6. The van der Waals surface area contributed by atoms with Crippen LogP contribution in [0.15, 0.2) is 229 Å². The number of nitrogens with zero attached hydrogens (tertiary/aromatic N) is 1. The van der Waals surface area contributed by atoms with Gasteiger partial charge < -0.3 is 9.32 Å². The van der Waals surface area contributed by atoms with E-state index >= 15 is 0 Å². The maximum absolute atomic E-state index is 6.66. The van der Waals surface area contributed by atoms with Crippen molar-refractivity contribution in [1.82, 2.24) is 0 Å². The smallest absolute Gasteiger partial charge is 0.143 e. The van der Waals surface area contributed by atoms with E-state index in [1.54, 1.807) is 0 Å². The molecule has 0 amide bonds. The molecule has 0 saturated carbocycles. The summed E-state index contributed by atoms with van der Waals surface area (Å²) in [5.74, 6) is 0. The molecule has 2 nitrogen and oxygen atoms in total. The number of fused-ring (bicyclic) bond motifs is 6. The molecule has 1 aromatic heterocycles. The third-order valence-electron chi connectivity index (χ3n) is 11.5. The van der Waals surface area contributed by atoms with Crippen LogP contribution in [0.25, 0.3) is 88.0 Å². The molecule has 2 heteroatoms. The number of benzene rings is 10. The Morgan fingerprint density at radius 2 is 0.845 bits per heavy atom. The number of hydrogen-bond acceptors (Lipinski definition) is 2. The van der Waals surface area contributed by atoms with Gasteiger partial charge in [-0.3, -0.25) is 0 Å². The van der Waals surface area contributed by atoms with Crippen molar-refractivity contribution in [2.24, 2.45) is 0 Å². The Hall–Kier alpha value is -7.68. The predicted molar refractivity (Wildman–Crippen MR) is 245 cm³/mol. The van der Waals surface area contributed by atoms with Crippen LogP contribution in [0, 0.1) is 0 Å². The average molecular weight is 740 g/mol. The van der Waals surface area contributed by atoms with Crippen LogP contribution in [-0.2, 0) is 0 Å². The minimum atomic E-state index is 0.881. The van der Waals surface area contributed by atoms with Gasteiger partial charge in [0.25, 0.3) is 0 Å². The fraction of sp³-hybridized carbons (Fsp3) is 0. The van der Waals surface area contributed by atoms with E-state index < -0.39 is 0 Å². The quantitative estimate of drug-likeness (QED) is 0.162. The van der Waals surface area contributed by atoms with Crippen molar-refractivity contribution in [1.29, 1.82) is 0 Å². The lowest BCUT2D eigenvalue weighted by Gasteiger charge is -2.28. The summed E-state index contributed by atoms with van der Waals surface area (Å²) in [6.45, 7) is 0. The summed E-state index contributed by atoms with van der Waals surface area (Å²) in [5, 5.41) is 7.02. The van der Waals surface area contributed by atoms with Gasteiger partial charge in [0, 0.05) is 33.1 Å². The van der Waals surface area contributed by atoms with E-state index in [1.165, 1.54) is 49.5 Å². The number of para-hydroxylation sites is 1. The fourth-order valence-electron chi connectivity index (χ4n) is 8.68. The van der Waals surface area contributed by atoms with Crippen LogP contribution in [0.5, 0.6) is 0 Å². The molecule has 0 aliphatic rings. The van der Waals surface area contributed by atoms with E-state index in [4.69, 9.17) is 4.42 Å². The topological polar surface area (TPSA) is 16.4 Å². The van der Waals surface area contributed by atoms with E-state index in [2.05, 4.69) is 229 Å². The Morgan fingerprint density at radius 1 is 0.310 bits per heavy atom. The molecule has 272 valence electrons. The molecule has 0 aliphatic heterocycles. The van der Waals surface area contributed by atoms with Gasteiger partial charge in [0.05, 0.1) is 5.69 Å². The third-order valence-corrected chi connectivity index (χ3v) is 11.5. The van der Waals surface area contributed by atoms with Crippen molar-refractivity contribution in [2.75, 3.05) is 4.90 Å². The fourth-order valence-corrected chi connectivity index (χ4v) is 8.68. The zero-order valence-corrected chi connectivity index (χ0v) is 31.7. The van der Waals surface area contributed by atoms with Crippen molar-refractivity contribution >= 4 is 60.5 Å². The van der Waals surface area contributed by atoms with Gasteiger partial charge in [0.1, 0.15) is 11.2 Å². The lowest BCUT2D eigenvalue weighted by atomic mass is 9.95. The summed E-state index contributed by atoms with van der Waals surface area (Å²) in [6.07, 6.45) is 0. The molecule has 0 saturated heterocycles. The van der Waals surface area contributed by atoms with Crippen LogP contribution >= 0.6 is 0 Å². The number of rotatable bonds is 7. The molecule has 0 spiro atoms. The van der Waals surface area contributed by atoms with Gasteiger partial charge in [-0.15, -0.1) is 0 Å². The van der Waals surface area contributed by atoms with Gasteiger partial charge in [0.15, 0.2) is 0 Å². The van der Waals surface area contributed by atoms with E-state index in [0.717, 1.165) is 55.5 Å². The SMILES string of the molecule is c1ccc(-c2cccc(-c3ccc(N(c4ccc(-c5cccc6ccccc56)cc4)c4ccccc4-c4cccc5oc6c7ccccc7ccc6c45)cc3)c2)cc1. The minimum absolute atomic E-state index is 0.881. The third kappa shape index (κ3) is 5.82. The van der Waals surface area contributed by atoms with Crippen LogP contribution in [-0.4, -0.2) is 0 Å². The summed E-state index contributed by atoms with van der Waals surface area (Å²) in [7, 11) is 0. The van der Waals surface area contributed by atoms with Gasteiger partial charge >= 0.3 is 0 Å². The van der Waals surface area contributed by atoms with E-state index in [9.17, 15) is 0 Å². The highest BCUT2D eigenvalue weighted by atomic mass is 16.3. The van der Waals surface area contributed by atoms with Gasteiger partial charge in [-0.25, -0.2) is 0 Å². The summed E-state index contributed by atoms with van der Waals surface area (Å²) in [5.41, 5.74) is 14.5. The second-order valence-corrected chi connectivity index (χ2v) is 14.9. The number of anilines is 3. The highest BCUT2D eigenvalue weighted by Gasteiger charge is 2.21. The first kappa shape index (κ1) is 33.6. The molecule has 0 unspecified atom stereocenters. The van der Waals surface area contributed by atoms with Crippen LogP contribution in [0.3, 0.4) is 0 Å². The Balaban J connectivity index is 1.07. The highest BCUT2D eigenvalue weighted by Crippen LogP contribution is 2.46. The average Bonchev–Trinajstić information content (AvgIpc) is 3.70. The zero-order valence-electron chi connectivity index (χ0n) is 31.7. The highest BCUT2D eigenvalue weighted by molar-refractivity contribution is 6.19. The first-order chi connectivity index (χ1) is 28.8. The Bertz CT molecular complexity index is 3260. The molecular weight excluding hydrogens is 703 g/mol. The standard InChI is InChI=1S/C56H37NO/c1-2-13-38(14-3-1)43-18-10-19-44(37-43)39-27-32-45(33-28-39)57(46-34-29-42(30-35-46)48-23-11-17-40-15-4-6-20-47(40)48)53-25-9-8-22-50(53)51-24-12-26-54-55(51)52-36-31-41-16-5-7-21-49(41)56(52)58-54/h1-37H. The van der Waals surface area contributed by atoms with Crippen LogP contribution in [0.2, 0.25) is 0 Å². The second kappa shape index (κ2) is 14.1. The molecule has 0 atom stereocenters. The lowest BCUT2D eigenvalue weighted by Crippen LogP contribution is -2.11. The first-order valence-electron chi connectivity index (χ1n) is 19.8. The van der Waals surface area contributed by atoms with E-state index in [1.807, 2.05) is 0 Å². The maximum atomic E-state index is 6.66. The van der Waals surface area contributed by atoms with Gasteiger partial charge in [0.2, 0.25) is 0 Å². The second-order valence-electron chi connectivity index (χ2n) is 14.9. The molecule has 11 aromatic rings. The first-order valence-corrected chi connectivity index (χ1v) is 19.8. The van der Waals surface area contributed by atoms with Crippen molar-refractivity contribution in [3.05, 3.63) is 224 Å². The number of furan rings is 1.